The highest BCUT2D eigenvalue weighted by atomic mass is 16.6. The molecule has 0 radical (unpaired) electrons. The number of hydrogen-bond acceptors (Lipinski definition) is 4. The number of nitrogens with one attached hydrogen (secondary N) is 2. The number of ether oxygens (including phenoxy) is 1. The Hall–Kier alpha value is -2.67. The Bertz CT molecular complexity index is 818. The minimum absolute atomic E-state index is 0.127. The van der Waals surface area contributed by atoms with Crippen molar-refractivity contribution in [1.82, 2.24) is 25.3 Å². The van der Waals surface area contributed by atoms with Gasteiger partial charge in [-0.2, -0.15) is 0 Å². The van der Waals surface area contributed by atoms with E-state index in [2.05, 4.69) is 20.6 Å². The molecule has 3 heterocycles. The van der Waals surface area contributed by atoms with Crippen LogP contribution in [0.3, 0.4) is 0 Å². The molecule has 1 aromatic carbocycles. The third kappa shape index (κ3) is 2.58. The molecule has 1 aliphatic heterocycles. The molecule has 0 bridgehead atoms. The third-order valence-electron chi connectivity index (χ3n) is 3.64. The normalized spacial score (nSPS) is 16.8. The van der Waals surface area contributed by atoms with Crippen LogP contribution in [0.4, 0.5) is 0 Å². The lowest BCUT2D eigenvalue weighted by Crippen LogP contribution is -2.22. The number of amides is 1. The standard InChI is InChI=1S/C15H15N5O2/c21-15(13-6-16-14-4-2-1-3-12(13)14)17-5-10-7-20(19-18-10)8-11-9-22-11/h1-4,6-7,11,16H,5,8-9H2,(H,17,21). The van der Waals surface area contributed by atoms with Gasteiger partial charge in [-0.1, -0.05) is 23.4 Å². The summed E-state index contributed by atoms with van der Waals surface area (Å²) < 4.78 is 6.89. The zero-order valence-electron chi connectivity index (χ0n) is 11.8. The molecule has 7 heteroatoms. The first kappa shape index (κ1) is 13.0. The van der Waals surface area contributed by atoms with Crippen molar-refractivity contribution in [1.29, 1.82) is 0 Å². The number of carbonyl (C=O) groups excluding carboxylic acids is 1. The van der Waals surface area contributed by atoms with Gasteiger partial charge in [-0.25, -0.2) is 4.68 Å². The van der Waals surface area contributed by atoms with E-state index in [1.165, 1.54) is 0 Å². The molecule has 2 aromatic heterocycles. The summed E-state index contributed by atoms with van der Waals surface area (Å²) in [5.41, 5.74) is 2.31. The zero-order chi connectivity index (χ0) is 14.9. The van der Waals surface area contributed by atoms with Gasteiger partial charge in [0.15, 0.2) is 0 Å². The lowest BCUT2D eigenvalue weighted by Gasteiger charge is -2.01. The Kier molecular flexibility index (Phi) is 3.12. The summed E-state index contributed by atoms with van der Waals surface area (Å²) in [7, 11) is 0. The van der Waals surface area contributed by atoms with E-state index >= 15 is 0 Å². The van der Waals surface area contributed by atoms with Gasteiger partial charge in [-0.3, -0.25) is 4.79 Å². The van der Waals surface area contributed by atoms with Gasteiger partial charge in [0, 0.05) is 17.1 Å². The quantitative estimate of drug-likeness (QED) is 0.690. The van der Waals surface area contributed by atoms with E-state index in [1.54, 1.807) is 10.9 Å². The fraction of sp³-hybridized carbons (Fsp3) is 0.267. The molecular formula is C15H15N5O2. The predicted molar refractivity (Wildman–Crippen MR) is 79.2 cm³/mol. The number of H-pyrrole nitrogens is 1. The van der Waals surface area contributed by atoms with Gasteiger partial charge in [0.25, 0.3) is 5.91 Å². The van der Waals surface area contributed by atoms with E-state index in [9.17, 15) is 4.79 Å². The number of para-hydroxylation sites is 1. The molecule has 4 rings (SSSR count). The number of epoxide rings is 1. The first-order valence-electron chi connectivity index (χ1n) is 7.14. The van der Waals surface area contributed by atoms with Crippen molar-refractivity contribution in [3.8, 4) is 0 Å². The van der Waals surface area contributed by atoms with Crippen LogP contribution in [-0.2, 0) is 17.8 Å². The average Bonchev–Trinajstić information content (AvgIpc) is 3.07. The van der Waals surface area contributed by atoms with Crippen molar-refractivity contribution in [2.75, 3.05) is 6.61 Å². The van der Waals surface area contributed by atoms with Crippen LogP contribution in [0.1, 0.15) is 16.1 Å². The fourth-order valence-electron chi connectivity index (χ4n) is 2.42. The number of aromatic amines is 1. The van der Waals surface area contributed by atoms with Crippen LogP contribution >= 0.6 is 0 Å². The molecule has 3 aromatic rings. The number of aromatic nitrogens is 4. The molecule has 1 fully saturated rings. The van der Waals surface area contributed by atoms with Gasteiger partial charge in [-0.15, -0.1) is 5.10 Å². The fourth-order valence-corrected chi connectivity index (χ4v) is 2.42. The minimum Gasteiger partial charge on any atom is -0.371 e. The van der Waals surface area contributed by atoms with Crippen LogP contribution in [0.15, 0.2) is 36.7 Å². The lowest BCUT2D eigenvalue weighted by molar-refractivity contribution is 0.0952. The monoisotopic (exact) mass is 297 g/mol. The van der Waals surface area contributed by atoms with Gasteiger partial charge in [0.1, 0.15) is 11.8 Å². The highest BCUT2D eigenvalue weighted by Gasteiger charge is 2.23. The summed E-state index contributed by atoms with van der Waals surface area (Å²) in [5.74, 6) is -0.127. The second-order valence-electron chi connectivity index (χ2n) is 5.32. The van der Waals surface area contributed by atoms with Gasteiger partial charge < -0.3 is 15.0 Å². The SMILES string of the molecule is O=C(NCc1cn(CC2CO2)nn1)c1c[nH]c2ccccc12. The van der Waals surface area contributed by atoms with Crippen molar-refractivity contribution in [3.05, 3.63) is 47.9 Å². The average molecular weight is 297 g/mol. The molecule has 112 valence electrons. The number of fused-ring (bicyclic) bond motifs is 1. The summed E-state index contributed by atoms with van der Waals surface area (Å²) in [6.07, 6.45) is 3.81. The first-order chi connectivity index (χ1) is 10.8. The molecule has 7 nitrogen and oxygen atoms in total. The lowest BCUT2D eigenvalue weighted by atomic mass is 10.1. The molecule has 2 N–H and O–H groups in total. The second kappa shape index (κ2) is 5.27. The molecule has 0 spiro atoms. The number of carbonyl (C=O) groups is 1. The summed E-state index contributed by atoms with van der Waals surface area (Å²) in [4.78, 5) is 15.4. The number of nitrogens with zero attached hydrogens (tertiary/aromatic N) is 3. The van der Waals surface area contributed by atoms with Gasteiger partial charge >= 0.3 is 0 Å². The maximum absolute atomic E-state index is 12.3. The molecular weight excluding hydrogens is 282 g/mol. The van der Waals surface area contributed by atoms with Crippen molar-refractivity contribution >= 4 is 16.8 Å². The minimum atomic E-state index is -0.127. The van der Waals surface area contributed by atoms with E-state index in [-0.39, 0.29) is 12.0 Å². The highest BCUT2D eigenvalue weighted by molar-refractivity contribution is 6.06. The van der Waals surface area contributed by atoms with Crippen LogP contribution in [0, 0.1) is 0 Å². The van der Waals surface area contributed by atoms with Crippen molar-refractivity contribution in [2.24, 2.45) is 0 Å². The maximum atomic E-state index is 12.3. The zero-order valence-corrected chi connectivity index (χ0v) is 11.8. The van der Waals surface area contributed by atoms with Crippen molar-refractivity contribution in [3.63, 3.8) is 0 Å². The van der Waals surface area contributed by atoms with Gasteiger partial charge in [0.2, 0.25) is 0 Å². The van der Waals surface area contributed by atoms with E-state index in [0.717, 1.165) is 23.2 Å². The molecule has 1 amide bonds. The Morgan fingerprint density at radius 3 is 3.18 bits per heavy atom. The Morgan fingerprint density at radius 1 is 1.45 bits per heavy atom. The van der Waals surface area contributed by atoms with Crippen LogP contribution in [0.2, 0.25) is 0 Å². The molecule has 1 aliphatic rings. The number of hydrogen-bond donors (Lipinski definition) is 2. The number of benzene rings is 1. The smallest absolute Gasteiger partial charge is 0.253 e. The Balaban J connectivity index is 1.42. The molecule has 22 heavy (non-hydrogen) atoms. The van der Waals surface area contributed by atoms with Crippen molar-refractivity contribution < 1.29 is 9.53 Å². The summed E-state index contributed by atoms with van der Waals surface area (Å²) in [5, 5.41) is 11.8. The predicted octanol–water partition coefficient (Wildman–Crippen LogP) is 1.09. The Labute approximate surface area is 126 Å². The molecule has 1 unspecified atom stereocenters. The van der Waals surface area contributed by atoms with Crippen LogP contribution < -0.4 is 5.32 Å². The summed E-state index contributed by atoms with van der Waals surface area (Å²) in [6.45, 7) is 1.85. The highest BCUT2D eigenvalue weighted by Crippen LogP contribution is 2.17. The summed E-state index contributed by atoms with van der Waals surface area (Å²) >= 11 is 0. The molecule has 1 atom stereocenters. The second-order valence-corrected chi connectivity index (χ2v) is 5.32. The summed E-state index contributed by atoms with van der Waals surface area (Å²) in [6, 6.07) is 7.71. The maximum Gasteiger partial charge on any atom is 0.253 e. The van der Waals surface area contributed by atoms with Crippen molar-refractivity contribution in [2.45, 2.75) is 19.2 Å². The van der Waals surface area contributed by atoms with E-state index in [0.29, 0.717) is 18.7 Å². The topological polar surface area (TPSA) is 88.1 Å². The molecule has 0 aliphatic carbocycles. The largest absolute Gasteiger partial charge is 0.371 e. The van der Waals surface area contributed by atoms with E-state index in [4.69, 9.17) is 4.74 Å². The van der Waals surface area contributed by atoms with E-state index < -0.39 is 0 Å². The van der Waals surface area contributed by atoms with Crippen LogP contribution in [0.5, 0.6) is 0 Å². The van der Waals surface area contributed by atoms with Crippen LogP contribution in [-0.4, -0.2) is 38.6 Å². The first-order valence-corrected chi connectivity index (χ1v) is 7.14. The molecule has 0 saturated carbocycles. The van der Waals surface area contributed by atoms with Gasteiger partial charge in [-0.05, 0) is 6.07 Å². The van der Waals surface area contributed by atoms with E-state index in [1.807, 2.05) is 30.5 Å². The van der Waals surface area contributed by atoms with Gasteiger partial charge in [0.05, 0.1) is 31.5 Å². The Morgan fingerprint density at radius 2 is 2.32 bits per heavy atom. The third-order valence-corrected chi connectivity index (χ3v) is 3.64. The molecule has 1 saturated heterocycles. The number of rotatable bonds is 5. The van der Waals surface area contributed by atoms with Crippen LogP contribution in [0.25, 0.3) is 10.9 Å².